The molecule has 2 aliphatic heterocycles. The van der Waals surface area contributed by atoms with Gasteiger partial charge in [0.2, 0.25) is 11.8 Å². The first-order valence-electron chi connectivity index (χ1n) is 19.4. The zero-order valence-corrected chi connectivity index (χ0v) is 30.7. The van der Waals surface area contributed by atoms with Crippen molar-refractivity contribution in [2.75, 3.05) is 33.8 Å². The second-order valence-corrected chi connectivity index (χ2v) is 18.8. The van der Waals surface area contributed by atoms with Gasteiger partial charge in [0.15, 0.2) is 6.29 Å². The van der Waals surface area contributed by atoms with Crippen LogP contribution in [0.4, 0.5) is 0 Å². The van der Waals surface area contributed by atoms with Crippen LogP contribution in [0.1, 0.15) is 118 Å². The second kappa shape index (κ2) is 11.4. The molecule has 10 atom stereocenters. The highest BCUT2D eigenvalue weighted by molar-refractivity contribution is 5.77. The van der Waals surface area contributed by atoms with Gasteiger partial charge < -0.3 is 29.1 Å². The van der Waals surface area contributed by atoms with Crippen LogP contribution in [0, 0.1) is 68.9 Å². The Morgan fingerprint density at radius 1 is 1.06 bits per heavy atom. The largest absolute Gasteiger partial charge is 0.389 e. The van der Waals surface area contributed by atoms with Gasteiger partial charge in [0.05, 0.1) is 31.5 Å². The monoisotopic (exact) mass is 665 g/mol. The first-order chi connectivity index (χ1) is 22.7. The lowest BCUT2D eigenvalue weighted by Gasteiger charge is -2.63. The lowest BCUT2D eigenvalue weighted by atomic mass is 9.41. The minimum absolute atomic E-state index is 0.00109. The van der Waals surface area contributed by atoms with E-state index in [1.54, 1.807) is 24.9 Å². The molecule has 2 heterocycles. The molecule has 6 aliphatic carbocycles. The number of ether oxygens (including phenoxy) is 3. The van der Waals surface area contributed by atoms with Crippen LogP contribution < -0.4 is 0 Å². The Hall–Kier alpha value is -1.22. The van der Waals surface area contributed by atoms with E-state index in [1.165, 1.54) is 32.1 Å². The van der Waals surface area contributed by atoms with Crippen molar-refractivity contribution in [3.8, 4) is 0 Å². The maximum atomic E-state index is 12.9. The Kier molecular flexibility index (Phi) is 8.04. The minimum Gasteiger partial charge on any atom is -0.389 e. The molecule has 48 heavy (non-hydrogen) atoms. The topological polar surface area (TPSA) is 88.5 Å². The molecule has 8 fully saturated rings. The van der Waals surface area contributed by atoms with Crippen molar-refractivity contribution in [1.82, 2.24) is 9.80 Å². The molecule has 2 amide bonds. The van der Waals surface area contributed by atoms with E-state index in [9.17, 15) is 14.7 Å². The molecule has 0 bridgehead atoms. The maximum absolute atomic E-state index is 12.9. The number of fused-ring (bicyclic) bond motifs is 4. The van der Waals surface area contributed by atoms with Gasteiger partial charge in [-0.1, -0.05) is 34.6 Å². The van der Waals surface area contributed by atoms with E-state index < -0.39 is 6.10 Å². The Morgan fingerprint density at radius 3 is 2.56 bits per heavy atom. The van der Waals surface area contributed by atoms with Gasteiger partial charge in [-0.3, -0.25) is 9.59 Å². The lowest BCUT2D eigenvalue weighted by Crippen LogP contribution is -2.59. The SMILES string of the molecule is C[C@@H]1C[C](CCC(=O)N(C)C)O[C]2[C@H]1[C@@]1(C)CC[C@@]34C[C@@]35CCC(O[C@H]3CN(C(=O)CC6CC6)CCO3)C(C)(C)[C@@H]5CC[C]4[C@]1(C)[C@H]2O. The number of hydrogen-bond acceptors (Lipinski definition) is 6. The molecule has 0 aromatic heterocycles. The van der Waals surface area contributed by atoms with Crippen LogP contribution in [0.5, 0.6) is 0 Å². The van der Waals surface area contributed by atoms with Crippen molar-refractivity contribution in [3.05, 3.63) is 18.1 Å². The van der Waals surface area contributed by atoms with Gasteiger partial charge >= 0.3 is 0 Å². The Bertz CT molecular complexity index is 1300. The zero-order valence-electron chi connectivity index (χ0n) is 30.7. The van der Waals surface area contributed by atoms with E-state index in [0.29, 0.717) is 56.7 Å². The highest BCUT2D eigenvalue weighted by Gasteiger charge is 2.85. The first kappa shape index (κ1) is 33.9. The third-order valence-electron chi connectivity index (χ3n) is 16.0. The smallest absolute Gasteiger partial charge is 0.223 e. The van der Waals surface area contributed by atoms with Gasteiger partial charge in [0.25, 0.3) is 0 Å². The standard InChI is InChI=1S/C40H61N2O6/c1-24-20-26(10-13-30(43)41(6)7)47-34-33(24)37(4)16-17-40-23-39(40)15-14-29(36(2,3)27(39)11-12-28(40)38(37,5)35(34)45)48-32-22-42(18-19-46-32)31(44)21-25-8-9-25/h24-25,27,29,32-33,35,45H,8-23H2,1-7H3/t24-,27+,29?,32+,33+,35+,37-,38-,39-,40+/m1/s1. The quantitative estimate of drug-likeness (QED) is 0.343. The summed E-state index contributed by atoms with van der Waals surface area (Å²) in [5.41, 5.74) is 0.124. The Morgan fingerprint density at radius 2 is 1.83 bits per heavy atom. The number of aliphatic hydroxyl groups excluding tert-OH is 1. The molecule has 8 nitrogen and oxygen atoms in total. The molecule has 8 aliphatic rings. The molecule has 3 radical (unpaired) electrons. The molecule has 8 heteroatoms. The van der Waals surface area contributed by atoms with Gasteiger partial charge in [0.1, 0.15) is 6.10 Å². The fourth-order valence-electron chi connectivity index (χ4n) is 13.2. The van der Waals surface area contributed by atoms with Gasteiger partial charge in [-0.25, -0.2) is 0 Å². The summed E-state index contributed by atoms with van der Waals surface area (Å²) in [4.78, 5) is 28.9. The molecular formula is C40H61N2O6. The number of amides is 2. The van der Waals surface area contributed by atoms with E-state index in [1.807, 2.05) is 4.90 Å². The highest BCUT2D eigenvalue weighted by atomic mass is 16.7. The van der Waals surface area contributed by atoms with Crippen molar-refractivity contribution in [2.45, 2.75) is 137 Å². The molecular weight excluding hydrogens is 604 g/mol. The van der Waals surface area contributed by atoms with Gasteiger partial charge in [-0.05, 0) is 116 Å². The van der Waals surface area contributed by atoms with Gasteiger partial charge in [-0.2, -0.15) is 0 Å². The van der Waals surface area contributed by atoms with Crippen LogP contribution >= 0.6 is 0 Å². The summed E-state index contributed by atoms with van der Waals surface area (Å²) in [6.45, 7) is 13.9. The van der Waals surface area contributed by atoms with Gasteiger partial charge in [0, 0.05) is 44.8 Å². The third kappa shape index (κ3) is 4.72. The van der Waals surface area contributed by atoms with Crippen molar-refractivity contribution in [1.29, 1.82) is 0 Å². The molecule has 1 N–H and O–H groups in total. The van der Waals surface area contributed by atoms with Gasteiger partial charge in [-0.15, -0.1) is 0 Å². The number of rotatable bonds is 7. The molecule has 2 saturated heterocycles. The van der Waals surface area contributed by atoms with E-state index in [4.69, 9.17) is 14.2 Å². The fraction of sp³-hybridized carbons (Fsp3) is 0.875. The summed E-state index contributed by atoms with van der Waals surface area (Å²) in [5, 5.41) is 12.4. The summed E-state index contributed by atoms with van der Waals surface area (Å²) >= 11 is 0. The van der Waals surface area contributed by atoms with E-state index in [2.05, 4.69) is 34.6 Å². The number of carbonyl (C=O) groups is 2. The van der Waals surface area contributed by atoms with Crippen molar-refractivity contribution >= 4 is 11.8 Å². The van der Waals surface area contributed by atoms with E-state index >= 15 is 0 Å². The van der Waals surface area contributed by atoms with E-state index in [0.717, 1.165) is 44.3 Å². The molecule has 0 aromatic rings. The van der Waals surface area contributed by atoms with Crippen LogP contribution in [0.3, 0.4) is 0 Å². The van der Waals surface area contributed by atoms with Crippen molar-refractivity contribution < 1.29 is 28.9 Å². The number of hydrogen-bond donors (Lipinski definition) is 1. The van der Waals surface area contributed by atoms with Crippen molar-refractivity contribution in [2.24, 2.45) is 50.7 Å². The summed E-state index contributed by atoms with van der Waals surface area (Å²) < 4.78 is 19.7. The van der Waals surface area contributed by atoms with Crippen LogP contribution in [0.2, 0.25) is 0 Å². The number of aliphatic hydroxyl groups is 1. The molecule has 1 unspecified atom stereocenters. The number of morpholine rings is 1. The molecule has 8 rings (SSSR count). The predicted octanol–water partition coefficient (Wildman–Crippen LogP) is 6.32. The molecule has 6 saturated carbocycles. The fourth-order valence-corrected chi connectivity index (χ4v) is 13.2. The maximum Gasteiger partial charge on any atom is 0.223 e. The molecule has 0 aromatic carbocycles. The van der Waals surface area contributed by atoms with Crippen molar-refractivity contribution in [3.63, 3.8) is 0 Å². The second-order valence-electron chi connectivity index (χ2n) is 18.8. The molecule has 267 valence electrons. The molecule has 2 spiro atoms. The Balaban J connectivity index is 0.981. The van der Waals surface area contributed by atoms with E-state index in [-0.39, 0.29) is 57.2 Å². The minimum atomic E-state index is -0.613. The normalized spacial score (nSPS) is 47.0. The van der Waals surface area contributed by atoms with Crippen LogP contribution in [0.15, 0.2) is 0 Å². The summed E-state index contributed by atoms with van der Waals surface area (Å²) in [7, 11) is 3.61. The average molecular weight is 666 g/mol. The number of carbonyl (C=O) groups excluding carboxylic acids is 2. The van der Waals surface area contributed by atoms with Crippen LogP contribution in [0.25, 0.3) is 0 Å². The summed E-state index contributed by atoms with van der Waals surface area (Å²) in [6.07, 6.45) is 14.0. The van der Waals surface area contributed by atoms with Crippen LogP contribution in [-0.4, -0.2) is 79.0 Å². The lowest BCUT2D eigenvalue weighted by molar-refractivity contribution is -0.242. The summed E-state index contributed by atoms with van der Waals surface area (Å²) in [6, 6.07) is 0. The summed E-state index contributed by atoms with van der Waals surface area (Å²) in [5.74, 6) is 3.80. The first-order valence-corrected chi connectivity index (χ1v) is 19.4. The zero-order chi connectivity index (χ0) is 34.0. The van der Waals surface area contributed by atoms with Crippen LogP contribution in [-0.2, 0) is 23.8 Å². The Labute approximate surface area is 289 Å². The highest BCUT2D eigenvalue weighted by Crippen LogP contribution is 2.90. The number of nitrogens with zero attached hydrogens (tertiary/aromatic N) is 2. The average Bonchev–Trinajstić information content (AvgIpc) is 3.96. The third-order valence-corrected chi connectivity index (χ3v) is 16.0. The predicted molar refractivity (Wildman–Crippen MR) is 181 cm³/mol.